The molecule has 1 aromatic heterocycles. The van der Waals surface area contributed by atoms with Gasteiger partial charge < -0.3 is 5.32 Å². The summed E-state index contributed by atoms with van der Waals surface area (Å²) in [5.74, 6) is 0.944. The van der Waals surface area contributed by atoms with Gasteiger partial charge in [-0.15, -0.1) is 11.3 Å². The first-order valence-electron chi connectivity index (χ1n) is 7.85. The number of nitrogens with one attached hydrogen (secondary N) is 1. The van der Waals surface area contributed by atoms with Crippen molar-refractivity contribution in [1.82, 2.24) is 10.3 Å². The first-order valence-corrected chi connectivity index (χ1v) is 8.67. The van der Waals surface area contributed by atoms with Crippen LogP contribution in [0.25, 0.3) is 0 Å². The predicted molar refractivity (Wildman–Crippen MR) is 83.9 cm³/mol. The van der Waals surface area contributed by atoms with Crippen molar-refractivity contribution in [2.24, 2.45) is 5.92 Å². The summed E-state index contributed by atoms with van der Waals surface area (Å²) in [5, 5.41) is 4.99. The van der Waals surface area contributed by atoms with Gasteiger partial charge in [0.2, 0.25) is 0 Å². The number of thiazole rings is 1. The van der Waals surface area contributed by atoms with Gasteiger partial charge in [0.1, 0.15) is 0 Å². The Kier molecular flexibility index (Phi) is 5.83. The number of aryl methyl sites for hydroxylation is 2. The highest BCUT2D eigenvalue weighted by molar-refractivity contribution is 7.11. The molecule has 0 aromatic carbocycles. The Morgan fingerprint density at radius 3 is 2.58 bits per heavy atom. The Bertz CT molecular complexity index is 361. The SMILES string of the molecule is CCNC(Cc1nc(C)c(C)s1)CC1CCCCC1. The second-order valence-corrected chi connectivity index (χ2v) is 7.24. The van der Waals surface area contributed by atoms with Gasteiger partial charge >= 0.3 is 0 Å². The molecule has 0 aliphatic heterocycles. The minimum atomic E-state index is 0.623. The molecule has 0 bridgehead atoms. The maximum absolute atomic E-state index is 4.70. The van der Waals surface area contributed by atoms with Gasteiger partial charge in [0.15, 0.2) is 0 Å². The highest BCUT2D eigenvalue weighted by Gasteiger charge is 2.20. The molecular formula is C16H28N2S. The molecule has 0 amide bonds. The third-order valence-electron chi connectivity index (χ3n) is 4.33. The van der Waals surface area contributed by atoms with Gasteiger partial charge in [-0.3, -0.25) is 0 Å². The molecule has 1 saturated carbocycles. The van der Waals surface area contributed by atoms with Gasteiger partial charge in [-0.1, -0.05) is 39.0 Å². The third-order valence-corrected chi connectivity index (χ3v) is 5.42. The quantitative estimate of drug-likeness (QED) is 0.842. The van der Waals surface area contributed by atoms with Crippen LogP contribution in [0.4, 0.5) is 0 Å². The molecule has 1 atom stereocenters. The largest absolute Gasteiger partial charge is 0.314 e. The van der Waals surface area contributed by atoms with E-state index in [9.17, 15) is 0 Å². The molecule has 1 fully saturated rings. The highest BCUT2D eigenvalue weighted by Crippen LogP contribution is 2.28. The average molecular weight is 280 g/mol. The summed E-state index contributed by atoms with van der Waals surface area (Å²) in [6.45, 7) is 7.59. The van der Waals surface area contributed by atoms with Gasteiger partial charge in [0, 0.05) is 17.3 Å². The van der Waals surface area contributed by atoms with Crippen LogP contribution in [0, 0.1) is 19.8 Å². The number of rotatable bonds is 6. The molecule has 0 spiro atoms. The van der Waals surface area contributed by atoms with E-state index in [1.54, 1.807) is 0 Å². The van der Waals surface area contributed by atoms with E-state index in [1.165, 1.54) is 54.1 Å². The zero-order chi connectivity index (χ0) is 13.7. The highest BCUT2D eigenvalue weighted by atomic mass is 32.1. The Hall–Kier alpha value is -0.410. The van der Waals surface area contributed by atoms with Crippen molar-refractivity contribution in [3.63, 3.8) is 0 Å². The number of nitrogens with zero attached hydrogens (tertiary/aromatic N) is 1. The Morgan fingerprint density at radius 2 is 2.00 bits per heavy atom. The van der Waals surface area contributed by atoms with E-state index in [1.807, 2.05) is 11.3 Å². The maximum atomic E-state index is 4.70. The standard InChI is InChI=1S/C16H28N2S/c1-4-17-15(10-14-8-6-5-7-9-14)11-16-18-12(2)13(3)19-16/h14-15,17H,4-11H2,1-3H3. The first-order chi connectivity index (χ1) is 9.19. The summed E-state index contributed by atoms with van der Waals surface area (Å²) in [5.41, 5.74) is 1.22. The van der Waals surface area contributed by atoms with Crippen molar-refractivity contribution >= 4 is 11.3 Å². The molecule has 1 aliphatic carbocycles. The first kappa shape index (κ1) is 15.0. The molecule has 1 unspecified atom stereocenters. The molecule has 19 heavy (non-hydrogen) atoms. The van der Waals surface area contributed by atoms with E-state index >= 15 is 0 Å². The van der Waals surface area contributed by atoms with Crippen LogP contribution in [0.3, 0.4) is 0 Å². The minimum Gasteiger partial charge on any atom is -0.314 e. The second kappa shape index (κ2) is 7.39. The second-order valence-electron chi connectivity index (χ2n) is 5.95. The topological polar surface area (TPSA) is 24.9 Å². The fraction of sp³-hybridized carbons (Fsp3) is 0.812. The zero-order valence-electron chi connectivity index (χ0n) is 12.7. The van der Waals surface area contributed by atoms with E-state index in [-0.39, 0.29) is 0 Å². The molecular weight excluding hydrogens is 252 g/mol. The summed E-state index contributed by atoms with van der Waals surface area (Å²) in [4.78, 5) is 6.08. The molecule has 108 valence electrons. The number of aromatic nitrogens is 1. The van der Waals surface area contributed by atoms with Crippen LogP contribution in [0.2, 0.25) is 0 Å². The van der Waals surface area contributed by atoms with E-state index in [0.29, 0.717) is 6.04 Å². The van der Waals surface area contributed by atoms with Crippen LogP contribution in [-0.4, -0.2) is 17.6 Å². The molecule has 1 aliphatic rings. The predicted octanol–water partition coefficient (Wildman–Crippen LogP) is 4.25. The molecule has 1 aromatic rings. The molecule has 3 heteroatoms. The van der Waals surface area contributed by atoms with Gasteiger partial charge in [0.25, 0.3) is 0 Å². The van der Waals surface area contributed by atoms with Crippen LogP contribution in [0.1, 0.15) is 61.0 Å². The Balaban J connectivity index is 1.91. The van der Waals surface area contributed by atoms with Crippen LogP contribution in [-0.2, 0) is 6.42 Å². The summed E-state index contributed by atoms with van der Waals surface area (Å²) in [7, 11) is 0. The molecule has 2 nitrogen and oxygen atoms in total. The van der Waals surface area contributed by atoms with E-state index in [2.05, 4.69) is 26.1 Å². The van der Waals surface area contributed by atoms with Gasteiger partial charge in [-0.25, -0.2) is 4.98 Å². The minimum absolute atomic E-state index is 0.623. The number of hydrogen-bond acceptors (Lipinski definition) is 3. The molecule has 1 heterocycles. The van der Waals surface area contributed by atoms with Crippen molar-refractivity contribution in [1.29, 1.82) is 0 Å². The lowest BCUT2D eigenvalue weighted by Crippen LogP contribution is -2.33. The van der Waals surface area contributed by atoms with Gasteiger partial charge in [0.05, 0.1) is 10.7 Å². The summed E-state index contributed by atoms with van der Waals surface area (Å²) in [6, 6.07) is 0.623. The lowest BCUT2D eigenvalue weighted by atomic mass is 9.84. The van der Waals surface area contributed by atoms with Crippen molar-refractivity contribution in [2.45, 2.75) is 71.8 Å². The lowest BCUT2D eigenvalue weighted by Gasteiger charge is -2.26. The number of likely N-dealkylation sites (N-methyl/N-ethyl adjacent to an activating group) is 1. The van der Waals surface area contributed by atoms with E-state index in [0.717, 1.165) is 18.9 Å². The van der Waals surface area contributed by atoms with Crippen LogP contribution in [0.5, 0.6) is 0 Å². The summed E-state index contributed by atoms with van der Waals surface area (Å²) < 4.78 is 0. The van der Waals surface area contributed by atoms with E-state index < -0.39 is 0 Å². The summed E-state index contributed by atoms with van der Waals surface area (Å²) in [6.07, 6.45) is 9.68. The Morgan fingerprint density at radius 1 is 1.26 bits per heavy atom. The normalized spacial score (nSPS) is 18.7. The van der Waals surface area contributed by atoms with Crippen LogP contribution < -0.4 is 5.32 Å². The van der Waals surface area contributed by atoms with Gasteiger partial charge in [-0.05, 0) is 32.7 Å². The smallest absolute Gasteiger partial charge is 0.0946 e. The molecule has 1 N–H and O–H groups in total. The Labute approximate surface area is 122 Å². The fourth-order valence-corrected chi connectivity index (χ4v) is 4.20. The van der Waals surface area contributed by atoms with Crippen LogP contribution >= 0.6 is 11.3 Å². The van der Waals surface area contributed by atoms with Crippen molar-refractivity contribution in [2.75, 3.05) is 6.54 Å². The molecule has 0 radical (unpaired) electrons. The average Bonchev–Trinajstić information content (AvgIpc) is 2.70. The van der Waals surface area contributed by atoms with Crippen molar-refractivity contribution in [3.8, 4) is 0 Å². The molecule has 0 saturated heterocycles. The maximum Gasteiger partial charge on any atom is 0.0946 e. The zero-order valence-corrected chi connectivity index (χ0v) is 13.5. The third kappa shape index (κ3) is 4.57. The van der Waals surface area contributed by atoms with Crippen molar-refractivity contribution < 1.29 is 0 Å². The van der Waals surface area contributed by atoms with Crippen molar-refractivity contribution in [3.05, 3.63) is 15.6 Å². The fourth-order valence-electron chi connectivity index (χ4n) is 3.19. The monoisotopic (exact) mass is 280 g/mol. The number of hydrogen-bond donors (Lipinski definition) is 1. The van der Waals surface area contributed by atoms with E-state index in [4.69, 9.17) is 4.98 Å². The molecule has 2 rings (SSSR count). The van der Waals surface area contributed by atoms with Crippen LogP contribution in [0.15, 0.2) is 0 Å². The van der Waals surface area contributed by atoms with Gasteiger partial charge in [-0.2, -0.15) is 0 Å². The summed E-state index contributed by atoms with van der Waals surface area (Å²) >= 11 is 1.88. The lowest BCUT2D eigenvalue weighted by molar-refractivity contribution is 0.298.